The van der Waals surface area contributed by atoms with E-state index in [2.05, 4.69) is 15.2 Å². The van der Waals surface area contributed by atoms with Crippen LogP contribution >= 0.6 is 11.6 Å². The van der Waals surface area contributed by atoms with Gasteiger partial charge in [0, 0.05) is 31.7 Å². The molecule has 8 heteroatoms. The van der Waals surface area contributed by atoms with Gasteiger partial charge in [-0.1, -0.05) is 17.7 Å². The third-order valence-corrected chi connectivity index (χ3v) is 3.57. The standard InChI is InChI=1S/C13H17ClF3N3O/c1-20-4-5-21-10(8-20)7-18-6-9-2-3-11(13(15,16)17)19-12(9)14/h2-3,10,18H,4-8H2,1H3. The van der Waals surface area contributed by atoms with Crippen LogP contribution in [0.15, 0.2) is 12.1 Å². The molecule has 4 nitrogen and oxygen atoms in total. The molecule has 1 fully saturated rings. The molecule has 0 saturated carbocycles. The molecule has 0 radical (unpaired) electrons. The Kier molecular flexibility index (Phi) is 5.43. The lowest BCUT2D eigenvalue weighted by atomic mass is 10.2. The Morgan fingerprint density at radius 2 is 2.24 bits per heavy atom. The lowest BCUT2D eigenvalue weighted by Crippen LogP contribution is -2.44. The number of nitrogens with zero attached hydrogens (tertiary/aromatic N) is 2. The molecule has 2 heterocycles. The number of nitrogens with one attached hydrogen (secondary N) is 1. The number of hydrogen-bond acceptors (Lipinski definition) is 4. The van der Waals surface area contributed by atoms with E-state index >= 15 is 0 Å². The number of morpholine rings is 1. The Morgan fingerprint density at radius 3 is 2.86 bits per heavy atom. The fourth-order valence-electron chi connectivity index (χ4n) is 2.11. The highest BCUT2D eigenvalue weighted by Crippen LogP contribution is 2.29. The molecule has 118 valence electrons. The summed E-state index contributed by atoms with van der Waals surface area (Å²) >= 11 is 5.79. The smallest absolute Gasteiger partial charge is 0.374 e. The molecule has 1 saturated heterocycles. The van der Waals surface area contributed by atoms with Crippen LogP contribution in [0.2, 0.25) is 5.15 Å². The number of pyridine rings is 1. The molecule has 1 N–H and O–H groups in total. The van der Waals surface area contributed by atoms with E-state index in [1.54, 1.807) is 0 Å². The summed E-state index contributed by atoms with van der Waals surface area (Å²) in [7, 11) is 2.02. The molecule has 1 aliphatic rings. The van der Waals surface area contributed by atoms with Crippen molar-refractivity contribution in [2.24, 2.45) is 0 Å². The molecular formula is C13H17ClF3N3O. The first kappa shape index (κ1) is 16.5. The maximum Gasteiger partial charge on any atom is 0.433 e. The summed E-state index contributed by atoms with van der Waals surface area (Å²) in [5.74, 6) is 0. The van der Waals surface area contributed by atoms with Crippen LogP contribution in [0.5, 0.6) is 0 Å². The van der Waals surface area contributed by atoms with Crippen LogP contribution in [0, 0.1) is 0 Å². The van der Waals surface area contributed by atoms with E-state index < -0.39 is 11.9 Å². The summed E-state index contributed by atoms with van der Waals surface area (Å²) in [6.45, 7) is 3.39. The van der Waals surface area contributed by atoms with Gasteiger partial charge in [-0.15, -0.1) is 0 Å². The van der Waals surface area contributed by atoms with Crippen molar-refractivity contribution in [2.45, 2.75) is 18.8 Å². The first-order valence-corrected chi connectivity index (χ1v) is 6.97. The zero-order valence-electron chi connectivity index (χ0n) is 11.6. The van der Waals surface area contributed by atoms with Crippen LogP contribution in [0.3, 0.4) is 0 Å². The number of halogens is 4. The minimum atomic E-state index is -4.48. The molecule has 1 aromatic heterocycles. The minimum Gasteiger partial charge on any atom is -0.374 e. The van der Waals surface area contributed by atoms with Crippen molar-refractivity contribution in [3.05, 3.63) is 28.5 Å². The molecule has 0 amide bonds. The fourth-order valence-corrected chi connectivity index (χ4v) is 2.33. The van der Waals surface area contributed by atoms with Crippen LogP contribution in [-0.2, 0) is 17.5 Å². The highest BCUT2D eigenvalue weighted by Gasteiger charge is 2.32. The van der Waals surface area contributed by atoms with Crippen molar-refractivity contribution in [1.29, 1.82) is 0 Å². The summed E-state index contributed by atoms with van der Waals surface area (Å²) in [5.41, 5.74) is -0.442. The van der Waals surface area contributed by atoms with Gasteiger partial charge in [-0.2, -0.15) is 13.2 Å². The third kappa shape index (κ3) is 4.81. The summed E-state index contributed by atoms with van der Waals surface area (Å²) < 4.78 is 43.0. The van der Waals surface area contributed by atoms with Gasteiger partial charge in [-0.05, 0) is 13.1 Å². The molecule has 1 aliphatic heterocycles. The van der Waals surface area contributed by atoms with Gasteiger partial charge in [-0.3, -0.25) is 0 Å². The number of hydrogen-bond donors (Lipinski definition) is 1. The average molecular weight is 324 g/mol. The Morgan fingerprint density at radius 1 is 1.48 bits per heavy atom. The van der Waals surface area contributed by atoms with Crippen molar-refractivity contribution in [1.82, 2.24) is 15.2 Å². The van der Waals surface area contributed by atoms with Crippen LogP contribution in [-0.4, -0.2) is 49.3 Å². The highest BCUT2D eigenvalue weighted by molar-refractivity contribution is 6.30. The Hall–Kier alpha value is -0.890. The second-order valence-electron chi connectivity index (χ2n) is 5.03. The largest absolute Gasteiger partial charge is 0.433 e. The van der Waals surface area contributed by atoms with Gasteiger partial charge in [0.1, 0.15) is 10.8 Å². The van der Waals surface area contributed by atoms with E-state index in [0.29, 0.717) is 25.3 Å². The summed E-state index contributed by atoms with van der Waals surface area (Å²) in [6, 6.07) is 2.28. The quantitative estimate of drug-likeness (QED) is 0.862. The van der Waals surface area contributed by atoms with E-state index in [0.717, 1.165) is 19.2 Å². The van der Waals surface area contributed by atoms with E-state index in [1.807, 2.05) is 7.05 Å². The summed E-state index contributed by atoms with van der Waals surface area (Å²) in [5, 5.41) is 3.01. The molecule has 0 aliphatic carbocycles. The van der Waals surface area contributed by atoms with Crippen LogP contribution in [0.4, 0.5) is 13.2 Å². The van der Waals surface area contributed by atoms with Gasteiger partial charge in [0.2, 0.25) is 0 Å². The van der Waals surface area contributed by atoms with Gasteiger partial charge in [0.15, 0.2) is 0 Å². The number of rotatable bonds is 4. The normalized spacial score (nSPS) is 20.7. The van der Waals surface area contributed by atoms with Gasteiger partial charge >= 0.3 is 6.18 Å². The maximum absolute atomic E-state index is 12.5. The molecule has 1 unspecified atom stereocenters. The second-order valence-corrected chi connectivity index (χ2v) is 5.39. The molecule has 21 heavy (non-hydrogen) atoms. The van der Waals surface area contributed by atoms with E-state index in [9.17, 15) is 13.2 Å². The van der Waals surface area contributed by atoms with Gasteiger partial charge in [0.25, 0.3) is 0 Å². The van der Waals surface area contributed by atoms with Crippen molar-refractivity contribution >= 4 is 11.6 Å². The monoisotopic (exact) mass is 323 g/mol. The van der Waals surface area contributed by atoms with Crippen LogP contribution in [0.1, 0.15) is 11.3 Å². The topological polar surface area (TPSA) is 37.4 Å². The molecule has 0 bridgehead atoms. The summed E-state index contributed by atoms with van der Waals surface area (Å²) in [6.07, 6.45) is -4.40. The Labute approximate surface area is 126 Å². The zero-order valence-corrected chi connectivity index (χ0v) is 12.3. The van der Waals surface area contributed by atoms with Gasteiger partial charge in [-0.25, -0.2) is 4.98 Å². The van der Waals surface area contributed by atoms with Crippen molar-refractivity contribution in [3.8, 4) is 0 Å². The van der Waals surface area contributed by atoms with Gasteiger partial charge in [0.05, 0.1) is 12.7 Å². The number of likely N-dealkylation sites (N-methyl/N-ethyl adjacent to an activating group) is 1. The van der Waals surface area contributed by atoms with Crippen LogP contribution in [0.25, 0.3) is 0 Å². The Balaban J connectivity index is 1.86. The minimum absolute atomic E-state index is 0.0740. The SMILES string of the molecule is CN1CCOC(CNCc2ccc(C(F)(F)F)nc2Cl)C1. The van der Waals surface area contributed by atoms with Crippen molar-refractivity contribution in [2.75, 3.05) is 33.3 Å². The summed E-state index contributed by atoms with van der Waals surface area (Å²) in [4.78, 5) is 5.55. The van der Waals surface area contributed by atoms with E-state index in [-0.39, 0.29) is 11.3 Å². The molecule has 2 rings (SSSR count). The lowest BCUT2D eigenvalue weighted by molar-refractivity contribution is -0.141. The number of ether oxygens (including phenoxy) is 1. The predicted molar refractivity (Wildman–Crippen MR) is 73.2 cm³/mol. The van der Waals surface area contributed by atoms with Gasteiger partial charge < -0.3 is 15.0 Å². The van der Waals surface area contributed by atoms with Crippen molar-refractivity contribution < 1.29 is 17.9 Å². The molecular weight excluding hydrogens is 307 g/mol. The lowest BCUT2D eigenvalue weighted by Gasteiger charge is -2.30. The van der Waals surface area contributed by atoms with Crippen molar-refractivity contribution in [3.63, 3.8) is 0 Å². The third-order valence-electron chi connectivity index (χ3n) is 3.25. The molecule has 1 aromatic rings. The van der Waals surface area contributed by atoms with E-state index in [4.69, 9.17) is 16.3 Å². The van der Waals surface area contributed by atoms with E-state index in [1.165, 1.54) is 6.07 Å². The predicted octanol–water partition coefficient (Wildman–Crippen LogP) is 2.17. The first-order chi connectivity index (χ1) is 9.86. The second kappa shape index (κ2) is 6.91. The molecule has 0 aromatic carbocycles. The Bertz CT molecular complexity index is 484. The number of alkyl halides is 3. The average Bonchev–Trinajstić information content (AvgIpc) is 2.39. The zero-order chi connectivity index (χ0) is 15.5. The first-order valence-electron chi connectivity index (χ1n) is 6.60. The van der Waals surface area contributed by atoms with Crippen LogP contribution < -0.4 is 5.32 Å². The maximum atomic E-state index is 12.5. The number of aromatic nitrogens is 1. The highest BCUT2D eigenvalue weighted by atomic mass is 35.5. The molecule has 0 spiro atoms. The fraction of sp³-hybridized carbons (Fsp3) is 0.615. The molecule has 1 atom stereocenters.